The van der Waals surface area contributed by atoms with Gasteiger partial charge in [0.25, 0.3) is 0 Å². The number of phenolic OH excluding ortho intramolecular Hbond substituents is 1. The van der Waals surface area contributed by atoms with E-state index in [4.69, 9.17) is 0 Å². The van der Waals surface area contributed by atoms with Crippen LogP contribution in [-0.4, -0.2) is 14.5 Å². The zero-order valence-electron chi connectivity index (χ0n) is 11.4. The van der Waals surface area contributed by atoms with Crippen LogP contribution in [0.1, 0.15) is 17.0 Å². The lowest BCUT2D eigenvalue weighted by molar-refractivity contribution is 0.475. The second-order valence-corrected chi connectivity index (χ2v) is 4.84. The molecule has 0 aliphatic heterocycles. The largest absolute Gasteiger partial charge is 0.508 e. The molecule has 0 fully saturated rings. The highest BCUT2D eigenvalue weighted by molar-refractivity contribution is 5.42. The van der Waals surface area contributed by atoms with E-state index < -0.39 is 0 Å². The van der Waals surface area contributed by atoms with Gasteiger partial charge >= 0.3 is 0 Å². The highest BCUT2D eigenvalue weighted by atomic mass is 16.3. The van der Waals surface area contributed by atoms with E-state index in [1.165, 1.54) is 5.69 Å². The van der Waals surface area contributed by atoms with E-state index in [2.05, 4.69) is 14.7 Å². The van der Waals surface area contributed by atoms with Gasteiger partial charge in [0.05, 0.1) is 11.4 Å². The second-order valence-electron chi connectivity index (χ2n) is 4.84. The molecule has 0 unspecified atom stereocenters. The standard InChI is InChI=1S/C16H17N3O/c1-12-15(19-9-3-2-4-16(19)18-12)11-17-10-13-5-7-14(20)8-6-13/h2-9,17,20H,10-11H2,1H3. The lowest BCUT2D eigenvalue weighted by Gasteiger charge is -2.06. The van der Waals surface area contributed by atoms with Crippen molar-refractivity contribution in [3.63, 3.8) is 0 Å². The molecule has 0 atom stereocenters. The van der Waals surface area contributed by atoms with Gasteiger partial charge in [-0.2, -0.15) is 0 Å². The van der Waals surface area contributed by atoms with Crippen molar-refractivity contribution in [1.29, 1.82) is 0 Å². The van der Waals surface area contributed by atoms with E-state index in [9.17, 15) is 5.11 Å². The lowest BCUT2D eigenvalue weighted by atomic mass is 10.2. The van der Waals surface area contributed by atoms with Crippen molar-refractivity contribution in [3.8, 4) is 5.75 Å². The fourth-order valence-electron chi connectivity index (χ4n) is 2.32. The molecule has 0 aliphatic rings. The Hall–Kier alpha value is -2.33. The Kier molecular flexibility index (Phi) is 3.39. The summed E-state index contributed by atoms with van der Waals surface area (Å²) in [5.74, 6) is 0.298. The Bertz CT molecular complexity index is 716. The van der Waals surface area contributed by atoms with Gasteiger partial charge in [0.1, 0.15) is 11.4 Å². The molecule has 4 nitrogen and oxygen atoms in total. The number of nitrogens with one attached hydrogen (secondary N) is 1. The van der Waals surface area contributed by atoms with Crippen LogP contribution in [0.25, 0.3) is 5.65 Å². The Labute approximate surface area is 117 Å². The molecule has 0 bridgehead atoms. The van der Waals surface area contributed by atoms with Crippen LogP contribution >= 0.6 is 0 Å². The number of pyridine rings is 1. The highest BCUT2D eigenvalue weighted by Gasteiger charge is 2.07. The van der Waals surface area contributed by atoms with Crippen LogP contribution in [-0.2, 0) is 13.1 Å². The van der Waals surface area contributed by atoms with Gasteiger partial charge in [-0.1, -0.05) is 18.2 Å². The maximum absolute atomic E-state index is 9.26. The molecule has 2 aromatic heterocycles. The van der Waals surface area contributed by atoms with Crippen molar-refractivity contribution < 1.29 is 5.11 Å². The summed E-state index contributed by atoms with van der Waals surface area (Å²) < 4.78 is 2.11. The summed E-state index contributed by atoms with van der Waals surface area (Å²) in [6.07, 6.45) is 2.03. The highest BCUT2D eigenvalue weighted by Crippen LogP contribution is 2.12. The number of aryl methyl sites for hydroxylation is 1. The molecule has 2 N–H and O–H groups in total. The van der Waals surface area contributed by atoms with E-state index >= 15 is 0 Å². The molecular formula is C16H17N3O. The minimum Gasteiger partial charge on any atom is -0.508 e. The predicted octanol–water partition coefficient (Wildman–Crippen LogP) is 2.64. The second kappa shape index (κ2) is 5.35. The molecule has 3 aromatic rings. The third-order valence-corrected chi connectivity index (χ3v) is 3.39. The van der Waals surface area contributed by atoms with Crippen LogP contribution in [0, 0.1) is 6.92 Å². The Balaban J connectivity index is 1.71. The van der Waals surface area contributed by atoms with Crippen molar-refractivity contribution >= 4 is 5.65 Å². The topological polar surface area (TPSA) is 49.6 Å². The smallest absolute Gasteiger partial charge is 0.137 e. The Morgan fingerprint density at radius 2 is 1.90 bits per heavy atom. The number of nitrogens with zero attached hydrogens (tertiary/aromatic N) is 2. The van der Waals surface area contributed by atoms with E-state index in [1.54, 1.807) is 12.1 Å². The summed E-state index contributed by atoms with van der Waals surface area (Å²) in [6.45, 7) is 3.56. The molecule has 1 aromatic carbocycles. The van der Waals surface area contributed by atoms with Crippen LogP contribution in [0.2, 0.25) is 0 Å². The van der Waals surface area contributed by atoms with Crippen LogP contribution < -0.4 is 5.32 Å². The molecule has 0 saturated heterocycles. The fourth-order valence-corrected chi connectivity index (χ4v) is 2.32. The van der Waals surface area contributed by atoms with Crippen molar-refractivity contribution in [2.75, 3.05) is 0 Å². The molecule has 4 heteroatoms. The Morgan fingerprint density at radius 3 is 2.70 bits per heavy atom. The van der Waals surface area contributed by atoms with Gasteiger partial charge in [0, 0.05) is 19.3 Å². The summed E-state index contributed by atoms with van der Waals surface area (Å²) in [4.78, 5) is 4.54. The van der Waals surface area contributed by atoms with Crippen molar-refractivity contribution in [2.24, 2.45) is 0 Å². The number of fused-ring (bicyclic) bond motifs is 1. The third kappa shape index (κ3) is 2.51. The van der Waals surface area contributed by atoms with Gasteiger partial charge in [-0.3, -0.25) is 0 Å². The number of aromatic nitrogens is 2. The number of hydrogen-bond donors (Lipinski definition) is 2. The number of rotatable bonds is 4. The minimum absolute atomic E-state index is 0.298. The molecule has 0 spiro atoms. The van der Waals surface area contributed by atoms with Crippen molar-refractivity contribution in [2.45, 2.75) is 20.0 Å². The number of imidazole rings is 1. The van der Waals surface area contributed by atoms with E-state index in [-0.39, 0.29) is 0 Å². The van der Waals surface area contributed by atoms with Gasteiger partial charge in [-0.25, -0.2) is 4.98 Å². The average Bonchev–Trinajstić information content (AvgIpc) is 2.77. The number of benzene rings is 1. The molecule has 0 saturated carbocycles. The molecular weight excluding hydrogens is 250 g/mol. The zero-order valence-corrected chi connectivity index (χ0v) is 11.4. The summed E-state index contributed by atoms with van der Waals surface area (Å²) in [6, 6.07) is 13.3. The van der Waals surface area contributed by atoms with Gasteiger partial charge < -0.3 is 14.8 Å². The normalized spacial score (nSPS) is 11.1. The predicted molar refractivity (Wildman–Crippen MR) is 78.6 cm³/mol. The maximum atomic E-state index is 9.26. The average molecular weight is 267 g/mol. The molecule has 102 valence electrons. The summed E-state index contributed by atoms with van der Waals surface area (Å²) in [5.41, 5.74) is 4.36. The monoisotopic (exact) mass is 267 g/mol. The summed E-state index contributed by atoms with van der Waals surface area (Å²) in [7, 11) is 0. The van der Waals surface area contributed by atoms with Crippen LogP contribution in [0.3, 0.4) is 0 Å². The quantitative estimate of drug-likeness (QED) is 0.764. The number of aromatic hydroxyl groups is 1. The van der Waals surface area contributed by atoms with Gasteiger partial charge in [0.2, 0.25) is 0 Å². The molecule has 2 heterocycles. The maximum Gasteiger partial charge on any atom is 0.137 e. The third-order valence-electron chi connectivity index (χ3n) is 3.39. The molecule has 0 aliphatic carbocycles. The van der Waals surface area contributed by atoms with Gasteiger partial charge in [-0.05, 0) is 36.8 Å². The first-order valence-corrected chi connectivity index (χ1v) is 6.65. The van der Waals surface area contributed by atoms with Gasteiger partial charge in [0.15, 0.2) is 0 Å². The first-order valence-electron chi connectivity index (χ1n) is 6.65. The number of hydrogen-bond acceptors (Lipinski definition) is 3. The first-order chi connectivity index (χ1) is 9.74. The Morgan fingerprint density at radius 1 is 1.10 bits per heavy atom. The molecule has 3 rings (SSSR count). The summed E-state index contributed by atoms with van der Waals surface area (Å²) in [5, 5.41) is 12.7. The van der Waals surface area contributed by atoms with Crippen LogP contribution in [0.4, 0.5) is 0 Å². The fraction of sp³-hybridized carbons (Fsp3) is 0.188. The van der Waals surface area contributed by atoms with E-state index in [0.29, 0.717) is 5.75 Å². The van der Waals surface area contributed by atoms with E-state index in [0.717, 1.165) is 30.0 Å². The van der Waals surface area contributed by atoms with E-state index in [1.807, 2.05) is 43.5 Å². The van der Waals surface area contributed by atoms with Crippen molar-refractivity contribution in [1.82, 2.24) is 14.7 Å². The van der Waals surface area contributed by atoms with Crippen LogP contribution in [0.5, 0.6) is 5.75 Å². The molecule has 0 radical (unpaired) electrons. The van der Waals surface area contributed by atoms with Gasteiger partial charge in [-0.15, -0.1) is 0 Å². The minimum atomic E-state index is 0.298. The molecule has 20 heavy (non-hydrogen) atoms. The zero-order chi connectivity index (χ0) is 13.9. The van der Waals surface area contributed by atoms with Crippen molar-refractivity contribution in [3.05, 3.63) is 65.6 Å². The van der Waals surface area contributed by atoms with Crippen LogP contribution in [0.15, 0.2) is 48.7 Å². The lowest BCUT2D eigenvalue weighted by Crippen LogP contribution is -2.14. The number of phenols is 1. The molecule has 0 amide bonds. The first kappa shape index (κ1) is 12.7. The summed E-state index contributed by atoms with van der Waals surface area (Å²) >= 11 is 0. The SMILES string of the molecule is Cc1nc2ccccn2c1CNCc1ccc(O)cc1.